The fourth-order valence-electron chi connectivity index (χ4n) is 1.77. The second-order valence-electron chi connectivity index (χ2n) is 4.26. The normalized spacial score (nSPS) is 9.43. The molecule has 1 rings (SSSR count). The lowest BCUT2D eigenvalue weighted by molar-refractivity contribution is 0.0767. The number of carbonyl (C=O) groups excluding carboxylic acids is 1. The molecule has 21 heavy (non-hydrogen) atoms. The molecule has 110 valence electrons. The molecule has 5 heteroatoms. The number of nitrogens with zero attached hydrogens (tertiary/aromatic N) is 2. The zero-order chi connectivity index (χ0) is 15.7. The highest BCUT2D eigenvalue weighted by molar-refractivity contribution is 5.96. The SMILES string of the molecule is CCN(CCC#N)C(=O)c1cc(F)ccc1C#CCCO. The van der Waals surface area contributed by atoms with Crippen LogP contribution in [-0.4, -0.2) is 35.6 Å². The van der Waals surface area contributed by atoms with Gasteiger partial charge in [-0.15, -0.1) is 0 Å². The summed E-state index contributed by atoms with van der Waals surface area (Å²) in [5.74, 6) is 4.63. The number of benzene rings is 1. The lowest BCUT2D eigenvalue weighted by Crippen LogP contribution is -2.32. The molecule has 1 amide bonds. The summed E-state index contributed by atoms with van der Waals surface area (Å²) in [6, 6.07) is 5.83. The van der Waals surface area contributed by atoms with Gasteiger partial charge in [-0.1, -0.05) is 11.8 Å². The third kappa shape index (κ3) is 4.91. The zero-order valence-electron chi connectivity index (χ0n) is 11.9. The Morgan fingerprint density at radius 1 is 1.43 bits per heavy atom. The Labute approximate surface area is 123 Å². The molecule has 0 saturated carbocycles. The first kappa shape index (κ1) is 16.7. The molecule has 1 aromatic carbocycles. The maximum atomic E-state index is 13.4. The fraction of sp³-hybridized carbons (Fsp3) is 0.375. The van der Waals surface area contributed by atoms with Crippen LogP contribution in [0.1, 0.15) is 35.7 Å². The van der Waals surface area contributed by atoms with Gasteiger partial charge in [0.05, 0.1) is 24.7 Å². The summed E-state index contributed by atoms with van der Waals surface area (Å²) in [6.45, 7) is 2.46. The number of rotatable bonds is 5. The molecule has 0 bridgehead atoms. The third-order valence-electron chi connectivity index (χ3n) is 2.83. The third-order valence-corrected chi connectivity index (χ3v) is 2.83. The molecule has 0 radical (unpaired) electrons. The van der Waals surface area contributed by atoms with Gasteiger partial charge in [-0.3, -0.25) is 4.79 Å². The summed E-state index contributed by atoms with van der Waals surface area (Å²) in [4.78, 5) is 13.9. The van der Waals surface area contributed by atoms with Gasteiger partial charge in [-0.25, -0.2) is 4.39 Å². The van der Waals surface area contributed by atoms with Crippen LogP contribution in [0.5, 0.6) is 0 Å². The molecule has 0 heterocycles. The minimum Gasteiger partial charge on any atom is -0.395 e. The van der Waals surface area contributed by atoms with E-state index in [1.807, 2.05) is 6.07 Å². The Kier molecular flexibility index (Phi) is 6.94. The Hall–Kier alpha value is -2.37. The van der Waals surface area contributed by atoms with Gasteiger partial charge in [0, 0.05) is 25.1 Å². The summed E-state index contributed by atoms with van der Waals surface area (Å²) in [5.41, 5.74) is 0.602. The van der Waals surface area contributed by atoms with Crippen molar-refractivity contribution >= 4 is 5.91 Å². The topological polar surface area (TPSA) is 64.3 Å². The van der Waals surface area contributed by atoms with Gasteiger partial charge in [0.15, 0.2) is 0 Å². The van der Waals surface area contributed by atoms with Crippen LogP contribution < -0.4 is 0 Å². The summed E-state index contributed by atoms with van der Waals surface area (Å²) in [6.07, 6.45) is 0.511. The molecule has 0 fully saturated rings. The van der Waals surface area contributed by atoms with Crippen molar-refractivity contribution in [2.24, 2.45) is 0 Å². The van der Waals surface area contributed by atoms with E-state index < -0.39 is 5.82 Å². The van der Waals surface area contributed by atoms with Crippen molar-refractivity contribution in [2.45, 2.75) is 19.8 Å². The van der Waals surface area contributed by atoms with Crippen molar-refractivity contribution in [3.63, 3.8) is 0 Å². The van der Waals surface area contributed by atoms with Crippen molar-refractivity contribution in [3.05, 3.63) is 35.1 Å². The summed E-state index contributed by atoms with van der Waals surface area (Å²) in [7, 11) is 0. The van der Waals surface area contributed by atoms with Crippen LogP contribution in [0.25, 0.3) is 0 Å². The lowest BCUT2D eigenvalue weighted by atomic mass is 10.1. The van der Waals surface area contributed by atoms with Crippen LogP contribution in [0.2, 0.25) is 0 Å². The number of nitriles is 1. The van der Waals surface area contributed by atoms with Crippen LogP contribution in [0.3, 0.4) is 0 Å². The second-order valence-corrected chi connectivity index (χ2v) is 4.26. The van der Waals surface area contributed by atoms with Crippen molar-refractivity contribution in [3.8, 4) is 17.9 Å². The van der Waals surface area contributed by atoms with E-state index in [2.05, 4.69) is 11.8 Å². The summed E-state index contributed by atoms with van der Waals surface area (Å²) < 4.78 is 13.4. The van der Waals surface area contributed by atoms with Crippen LogP contribution in [0, 0.1) is 29.0 Å². The van der Waals surface area contributed by atoms with Crippen LogP contribution in [-0.2, 0) is 0 Å². The van der Waals surface area contributed by atoms with E-state index in [4.69, 9.17) is 10.4 Å². The summed E-state index contributed by atoms with van der Waals surface area (Å²) in [5, 5.41) is 17.3. The average molecular weight is 288 g/mol. The molecule has 0 unspecified atom stereocenters. The molecule has 1 aromatic rings. The first-order chi connectivity index (χ1) is 10.1. The van der Waals surface area contributed by atoms with Gasteiger partial charge in [-0.2, -0.15) is 5.26 Å². The molecule has 0 aliphatic heterocycles. The first-order valence-corrected chi connectivity index (χ1v) is 6.69. The van der Waals surface area contributed by atoms with Crippen molar-refractivity contribution in [2.75, 3.05) is 19.7 Å². The van der Waals surface area contributed by atoms with Crippen molar-refractivity contribution < 1.29 is 14.3 Å². The maximum Gasteiger partial charge on any atom is 0.255 e. The number of aliphatic hydroxyl groups is 1. The number of amides is 1. The van der Waals surface area contributed by atoms with Gasteiger partial charge in [0.25, 0.3) is 5.91 Å². The average Bonchev–Trinajstić information content (AvgIpc) is 2.49. The van der Waals surface area contributed by atoms with E-state index in [0.717, 1.165) is 6.07 Å². The van der Waals surface area contributed by atoms with Gasteiger partial charge >= 0.3 is 0 Å². The number of hydrogen-bond donors (Lipinski definition) is 1. The lowest BCUT2D eigenvalue weighted by Gasteiger charge is -2.20. The number of halogens is 1. The second kappa shape index (κ2) is 8.73. The van der Waals surface area contributed by atoms with E-state index in [-0.39, 0.29) is 30.9 Å². The molecule has 0 aliphatic carbocycles. The minimum absolute atomic E-state index is 0.0687. The van der Waals surface area contributed by atoms with Gasteiger partial charge in [0.1, 0.15) is 5.82 Å². The maximum absolute atomic E-state index is 13.4. The smallest absolute Gasteiger partial charge is 0.255 e. The quantitative estimate of drug-likeness (QED) is 0.842. The van der Waals surface area contributed by atoms with E-state index in [1.165, 1.54) is 17.0 Å². The predicted octanol–water partition coefficient (Wildman–Crippen LogP) is 1.94. The molecule has 0 aromatic heterocycles. The van der Waals surface area contributed by atoms with Gasteiger partial charge in [-0.05, 0) is 25.1 Å². The summed E-state index contributed by atoms with van der Waals surface area (Å²) >= 11 is 0. The number of aliphatic hydroxyl groups excluding tert-OH is 1. The van der Waals surface area contributed by atoms with Crippen LogP contribution in [0.15, 0.2) is 18.2 Å². The van der Waals surface area contributed by atoms with Crippen molar-refractivity contribution in [1.29, 1.82) is 5.26 Å². The number of carbonyl (C=O) groups is 1. The highest BCUT2D eigenvalue weighted by Gasteiger charge is 2.17. The Balaban J connectivity index is 3.09. The highest BCUT2D eigenvalue weighted by atomic mass is 19.1. The van der Waals surface area contributed by atoms with E-state index in [9.17, 15) is 9.18 Å². The van der Waals surface area contributed by atoms with Crippen molar-refractivity contribution in [1.82, 2.24) is 4.90 Å². The highest BCUT2D eigenvalue weighted by Crippen LogP contribution is 2.14. The Morgan fingerprint density at radius 2 is 2.19 bits per heavy atom. The predicted molar refractivity (Wildman–Crippen MR) is 76.8 cm³/mol. The molecule has 4 nitrogen and oxygen atoms in total. The zero-order valence-corrected chi connectivity index (χ0v) is 11.9. The monoisotopic (exact) mass is 288 g/mol. The first-order valence-electron chi connectivity index (χ1n) is 6.69. The number of hydrogen-bond acceptors (Lipinski definition) is 3. The standard InChI is InChI=1S/C16H17FN2O2/c1-2-19(10-5-9-18)16(21)15-12-14(17)8-7-13(15)6-3-4-11-20/h7-8,12,20H,2,4-5,10-11H2,1H3. The molecular formula is C16H17FN2O2. The Bertz CT molecular complexity index is 597. The molecule has 0 aliphatic rings. The molecule has 0 saturated heterocycles. The minimum atomic E-state index is -0.512. The van der Waals surface area contributed by atoms with E-state index in [1.54, 1.807) is 6.92 Å². The van der Waals surface area contributed by atoms with E-state index >= 15 is 0 Å². The Morgan fingerprint density at radius 3 is 2.81 bits per heavy atom. The largest absolute Gasteiger partial charge is 0.395 e. The van der Waals surface area contributed by atoms with E-state index in [0.29, 0.717) is 18.7 Å². The fourth-order valence-corrected chi connectivity index (χ4v) is 1.77. The molecule has 1 N–H and O–H groups in total. The van der Waals surface area contributed by atoms with Gasteiger partial charge < -0.3 is 10.0 Å². The molecular weight excluding hydrogens is 271 g/mol. The van der Waals surface area contributed by atoms with Gasteiger partial charge in [0.2, 0.25) is 0 Å². The molecule has 0 spiro atoms. The van der Waals surface area contributed by atoms with Crippen LogP contribution in [0.4, 0.5) is 4.39 Å². The molecule has 0 atom stereocenters. The van der Waals surface area contributed by atoms with Crippen LogP contribution >= 0.6 is 0 Å².